The molecule has 1 aromatic heterocycles. The van der Waals surface area contributed by atoms with Gasteiger partial charge in [0.1, 0.15) is 6.33 Å². The van der Waals surface area contributed by atoms with Crippen LogP contribution in [0.1, 0.15) is 17.2 Å². The summed E-state index contributed by atoms with van der Waals surface area (Å²) < 4.78 is 0. The number of hydrazine groups is 1. The molecule has 1 saturated heterocycles. The molecule has 3 aromatic rings. The molecule has 0 radical (unpaired) electrons. The molecule has 0 aliphatic carbocycles. The molecule has 3 N–H and O–H groups in total. The standard InChI is InChI=1S/C21H23N7O2/c22-25-20-19(28(29)30)21(24-15-23-20)27-13-11-26(12-14-27)18(16-7-3-1-4-8-16)17-9-5-2-6-10-17/h1-10,15,18H,11-14,22H2,(H,23,24,25). The smallest absolute Gasteiger partial charge is 0.348 e. The van der Waals surface area contributed by atoms with E-state index in [9.17, 15) is 10.1 Å². The fraction of sp³-hybridized carbons (Fsp3) is 0.238. The van der Waals surface area contributed by atoms with Crippen LogP contribution in [0.4, 0.5) is 17.3 Å². The van der Waals surface area contributed by atoms with E-state index < -0.39 is 4.92 Å². The van der Waals surface area contributed by atoms with Crippen molar-refractivity contribution < 1.29 is 4.92 Å². The van der Waals surface area contributed by atoms with Gasteiger partial charge in [-0.25, -0.2) is 15.8 Å². The first-order valence-electron chi connectivity index (χ1n) is 9.74. The fourth-order valence-electron chi connectivity index (χ4n) is 3.95. The predicted octanol–water partition coefficient (Wildman–Crippen LogP) is 2.58. The average Bonchev–Trinajstić information content (AvgIpc) is 2.80. The molecule has 0 amide bonds. The van der Waals surface area contributed by atoms with Gasteiger partial charge in [0.05, 0.1) is 11.0 Å². The van der Waals surface area contributed by atoms with Gasteiger partial charge in [-0.1, -0.05) is 60.7 Å². The summed E-state index contributed by atoms with van der Waals surface area (Å²) in [4.78, 5) is 23.5. The number of rotatable bonds is 6. The van der Waals surface area contributed by atoms with Crippen LogP contribution >= 0.6 is 0 Å². The molecule has 9 heteroatoms. The largest absolute Gasteiger partial charge is 0.354 e. The Morgan fingerprint density at radius 1 is 0.933 bits per heavy atom. The minimum absolute atomic E-state index is 0.0128. The Balaban J connectivity index is 1.59. The van der Waals surface area contributed by atoms with Gasteiger partial charge in [-0.2, -0.15) is 0 Å². The summed E-state index contributed by atoms with van der Waals surface area (Å²) in [5.74, 6) is 5.71. The Bertz CT molecular complexity index is 953. The summed E-state index contributed by atoms with van der Waals surface area (Å²) >= 11 is 0. The monoisotopic (exact) mass is 405 g/mol. The Kier molecular flexibility index (Phi) is 5.82. The van der Waals surface area contributed by atoms with Crippen LogP contribution in [0.2, 0.25) is 0 Å². The highest BCUT2D eigenvalue weighted by Gasteiger charge is 2.31. The molecule has 1 aliphatic heterocycles. The Hall–Kier alpha value is -3.56. The average molecular weight is 405 g/mol. The highest BCUT2D eigenvalue weighted by molar-refractivity contribution is 5.70. The lowest BCUT2D eigenvalue weighted by Gasteiger charge is -2.40. The fourth-order valence-corrected chi connectivity index (χ4v) is 3.95. The number of nitrogen functional groups attached to an aromatic ring is 1. The van der Waals surface area contributed by atoms with Gasteiger partial charge in [0.2, 0.25) is 11.6 Å². The molecular formula is C21H23N7O2. The SMILES string of the molecule is NNc1ncnc(N2CCN(C(c3ccccc3)c3ccccc3)CC2)c1[N+](=O)[O-]. The number of anilines is 2. The van der Waals surface area contributed by atoms with E-state index in [0.717, 1.165) is 13.1 Å². The highest BCUT2D eigenvalue weighted by atomic mass is 16.6. The quantitative estimate of drug-likeness (QED) is 0.365. The molecule has 2 aromatic carbocycles. The van der Waals surface area contributed by atoms with E-state index in [-0.39, 0.29) is 17.5 Å². The third-order valence-corrected chi connectivity index (χ3v) is 5.33. The number of nitrogens with zero attached hydrogens (tertiary/aromatic N) is 5. The normalized spacial score (nSPS) is 14.7. The maximum absolute atomic E-state index is 11.6. The molecule has 0 atom stereocenters. The van der Waals surface area contributed by atoms with Crippen LogP contribution in [0.5, 0.6) is 0 Å². The van der Waals surface area contributed by atoms with Gasteiger partial charge in [0.15, 0.2) is 0 Å². The lowest BCUT2D eigenvalue weighted by Crippen LogP contribution is -2.48. The number of nitrogens with two attached hydrogens (primary N) is 1. The van der Waals surface area contributed by atoms with E-state index in [4.69, 9.17) is 5.84 Å². The highest BCUT2D eigenvalue weighted by Crippen LogP contribution is 2.34. The maximum atomic E-state index is 11.6. The number of nitro groups is 1. The number of piperazine rings is 1. The summed E-state index contributed by atoms with van der Waals surface area (Å²) in [6, 6.07) is 20.9. The van der Waals surface area contributed by atoms with Crippen LogP contribution in [0.25, 0.3) is 0 Å². The second-order valence-electron chi connectivity index (χ2n) is 7.04. The number of hydrogen-bond acceptors (Lipinski definition) is 8. The summed E-state index contributed by atoms with van der Waals surface area (Å²) in [6.45, 7) is 2.69. The summed E-state index contributed by atoms with van der Waals surface area (Å²) in [5.41, 5.74) is 4.54. The number of benzene rings is 2. The Morgan fingerprint density at radius 3 is 2.00 bits per heavy atom. The lowest BCUT2D eigenvalue weighted by atomic mass is 9.96. The van der Waals surface area contributed by atoms with Crippen LogP contribution < -0.4 is 16.2 Å². The molecule has 0 saturated carbocycles. The van der Waals surface area contributed by atoms with E-state index in [1.807, 2.05) is 41.3 Å². The van der Waals surface area contributed by atoms with Crippen molar-refractivity contribution in [2.45, 2.75) is 6.04 Å². The van der Waals surface area contributed by atoms with Crippen molar-refractivity contribution in [3.63, 3.8) is 0 Å². The van der Waals surface area contributed by atoms with Crippen molar-refractivity contribution in [1.29, 1.82) is 0 Å². The third-order valence-electron chi connectivity index (χ3n) is 5.33. The van der Waals surface area contributed by atoms with Crippen molar-refractivity contribution in [2.75, 3.05) is 36.5 Å². The van der Waals surface area contributed by atoms with E-state index in [1.54, 1.807) is 0 Å². The van der Waals surface area contributed by atoms with Gasteiger partial charge in [-0.3, -0.25) is 15.0 Å². The molecule has 2 heterocycles. The lowest BCUT2D eigenvalue weighted by molar-refractivity contribution is -0.383. The number of nitrogens with one attached hydrogen (secondary N) is 1. The molecule has 0 unspecified atom stereocenters. The van der Waals surface area contributed by atoms with E-state index in [0.29, 0.717) is 18.9 Å². The number of hydrogen-bond donors (Lipinski definition) is 2. The third kappa shape index (κ3) is 3.93. The summed E-state index contributed by atoms with van der Waals surface area (Å²) in [5, 5.41) is 11.6. The second kappa shape index (κ2) is 8.85. The van der Waals surface area contributed by atoms with Crippen LogP contribution in [0.15, 0.2) is 67.0 Å². The van der Waals surface area contributed by atoms with Gasteiger partial charge in [-0.05, 0) is 11.1 Å². The zero-order valence-corrected chi connectivity index (χ0v) is 16.4. The zero-order chi connectivity index (χ0) is 20.9. The molecule has 4 rings (SSSR count). The van der Waals surface area contributed by atoms with Crippen molar-refractivity contribution in [2.24, 2.45) is 5.84 Å². The molecule has 30 heavy (non-hydrogen) atoms. The molecule has 9 nitrogen and oxygen atoms in total. The van der Waals surface area contributed by atoms with Gasteiger partial charge in [0, 0.05) is 26.2 Å². The van der Waals surface area contributed by atoms with Crippen LogP contribution in [0, 0.1) is 10.1 Å². The minimum Gasteiger partial charge on any atom is -0.348 e. The molecule has 1 aliphatic rings. The predicted molar refractivity (Wildman–Crippen MR) is 115 cm³/mol. The first kappa shape index (κ1) is 19.7. The van der Waals surface area contributed by atoms with E-state index in [2.05, 4.69) is 44.6 Å². The first-order valence-corrected chi connectivity index (χ1v) is 9.74. The van der Waals surface area contributed by atoms with Gasteiger partial charge >= 0.3 is 5.69 Å². The molecule has 0 bridgehead atoms. The second-order valence-corrected chi connectivity index (χ2v) is 7.04. The van der Waals surface area contributed by atoms with Crippen molar-refractivity contribution in [1.82, 2.24) is 14.9 Å². The summed E-state index contributed by atoms with van der Waals surface area (Å²) in [7, 11) is 0. The Morgan fingerprint density at radius 2 is 1.50 bits per heavy atom. The molecular weight excluding hydrogens is 382 g/mol. The summed E-state index contributed by atoms with van der Waals surface area (Å²) in [6.07, 6.45) is 1.29. The topological polar surface area (TPSA) is 113 Å². The zero-order valence-electron chi connectivity index (χ0n) is 16.4. The van der Waals surface area contributed by atoms with Crippen LogP contribution in [-0.2, 0) is 0 Å². The van der Waals surface area contributed by atoms with Crippen molar-refractivity contribution >= 4 is 17.3 Å². The molecule has 154 valence electrons. The first-order chi connectivity index (χ1) is 14.7. The van der Waals surface area contributed by atoms with Gasteiger partial charge < -0.3 is 10.3 Å². The Labute approximate surface area is 174 Å². The molecule has 0 spiro atoms. The number of aromatic nitrogens is 2. The van der Waals surface area contributed by atoms with Crippen molar-refractivity contribution in [3.8, 4) is 0 Å². The molecule has 1 fully saturated rings. The minimum atomic E-state index is -0.492. The van der Waals surface area contributed by atoms with Crippen molar-refractivity contribution in [3.05, 3.63) is 88.2 Å². The van der Waals surface area contributed by atoms with Gasteiger partial charge in [-0.15, -0.1) is 0 Å². The van der Waals surface area contributed by atoms with Crippen LogP contribution in [0.3, 0.4) is 0 Å². The maximum Gasteiger partial charge on any atom is 0.354 e. The van der Waals surface area contributed by atoms with E-state index in [1.165, 1.54) is 17.5 Å². The van der Waals surface area contributed by atoms with Crippen LogP contribution in [-0.4, -0.2) is 46.0 Å². The van der Waals surface area contributed by atoms with Gasteiger partial charge in [0.25, 0.3) is 0 Å². The van der Waals surface area contributed by atoms with E-state index >= 15 is 0 Å².